The van der Waals surface area contributed by atoms with Crippen molar-refractivity contribution in [1.29, 1.82) is 0 Å². The molecule has 1 aliphatic rings. The van der Waals surface area contributed by atoms with Crippen molar-refractivity contribution in [3.05, 3.63) is 41.7 Å². The van der Waals surface area contributed by atoms with Crippen molar-refractivity contribution in [2.24, 2.45) is 0 Å². The van der Waals surface area contributed by atoms with Gasteiger partial charge in [0.15, 0.2) is 5.13 Å². The summed E-state index contributed by atoms with van der Waals surface area (Å²) in [4.78, 5) is 22.4. The molecule has 0 saturated carbocycles. The number of carbonyl (C=O) groups excluding carboxylic acids is 1. The SMILES string of the molecule is CCn1nccc1C(=O)N(CCCN1CCOCC1)c1nc2ccc(C)cc2s1.Cl. The Balaban J connectivity index is 0.00000256. The van der Waals surface area contributed by atoms with Gasteiger partial charge in [-0.2, -0.15) is 5.10 Å². The largest absolute Gasteiger partial charge is 0.379 e. The van der Waals surface area contributed by atoms with Crippen molar-refractivity contribution in [1.82, 2.24) is 19.7 Å². The van der Waals surface area contributed by atoms with Gasteiger partial charge in [0, 0.05) is 38.9 Å². The highest BCUT2D eigenvalue weighted by atomic mass is 35.5. The molecule has 1 amide bonds. The molecular weight excluding hydrogens is 422 g/mol. The van der Waals surface area contributed by atoms with Crippen molar-refractivity contribution in [3.63, 3.8) is 0 Å². The summed E-state index contributed by atoms with van der Waals surface area (Å²) >= 11 is 1.58. The van der Waals surface area contributed by atoms with Gasteiger partial charge in [-0.1, -0.05) is 17.4 Å². The molecule has 1 saturated heterocycles. The van der Waals surface area contributed by atoms with Crippen LogP contribution in [-0.4, -0.2) is 65.0 Å². The Labute approximate surface area is 187 Å². The Hall–Kier alpha value is -2.00. The Morgan fingerprint density at radius 3 is 2.83 bits per heavy atom. The smallest absolute Gasteiger partial charge is 0.278 e. The number of benzene rings is 1. The summed E-state index contributed by atoms with van der Waals surface area (Å²) in [5.41, 5.74) is 2.74. The van der Waals surface area contributed by atoms with Crippen LogP contribution in [0.15, 0.2) is 30.5 Å². The van der Waals surface area contributed by atoms with Crippen LogP contribution >= 0.6 is 23.7 Å². The number of rotatable bonds is 7. The van der Waals surface area contributed by atoms with E-state index in [1.54, 1.807) is 28.3 Å². The van der Waals surface area contributed by atoms with Gasteiger partial charge >= 0.3 is 0 Å². The van der Waals surface area contributed by atoms with Crippen molar-refractivity contribution in [2.75, 3.05) is 44.3 Å². The summed E-state index contributed by atoms with van der Waals surface area (Å²) in [5, 5.41) is 5.02. The van der Waals surface area contributed by atoms with Gasteiger partial charge in [-0.05, 0) is 44.0 Å². The van der Waals surface area contributed by atoms with Gasteiger partial charge in [0.1, 0.15) is 5.69 Å². The van der Waals surface area contributed by atoms with Crippen molar-refractivity contribution >= 4 is 45.0 Å². The molecule has 0 atom stereocenters. The van der Waals surface area contributed by atoms with E-state index in [9.17, 15) is 4.79 Å². The van der Waals surface area contributed by atoms with Crippen LogP contribution in [0.4, 0.5) is 5.13 Å². The van der Waals surface area contributed by atoms with Crippen molar-refractivity contribution < 1.29 is 9.53 Å². The Kier molecular flexibility index (Phi) is 7.82. The predicted molar refractivity (Wildman–Crippen MR) is 123 cm³/mol. The average Bonchev–Trinajstić information content (AvgIpc) is 3.37. The number of aromatic nitrogens is 3. The zero-order valence-electron chi connectivity index (χ0n) is 17.4. The minimum Gasteiger partial charge on any atom is -0.379 e. The third-order valence-electron chi connectivity index (χ3n) is 5.20. The van der Waals surface area contributed by atoms with E-state index >= 15 is 0 Å². The molecule has 0 N–H and O–H groups in total. The second kappa shape index (κ2) is 10.3. The van der Waals surface area contributed by atoms with E-state index in [-0.39, 0.29) is 18.3 Å². The van der Waals surface area contributed by atoms with Crippen LogP contribution in [0, 0.1) is 6.92 Å². The minimum absolute atomic E-state index is 0. The van der Waals surface area contributed by atoms with Crippen LogP contribution in [0.25, 0.3) is 10.2 Å². The van der Waals surface area contributed by atoms with Crippen LogP contribution in [0.1, 0.15) is 29.4 Å². The number of hydrogen-bond acceptors (Lipinski definition) is 6. The second-order valence-corrected chi connectivity index (χ2v) is 8.27. The number of amides is 1. The highest BCUT2D eigenvalue weighted by Gasteiger charge is 2.24. The molecule has 4 rings (SSSR count). The first-order valence-electron chi connectivity index (χ1n) is 10.2. The molecule has 1 aromatic carbocycles. The Morgan fingerprint density at radius 1 is 1.27 bits per heavy atom. The summed E-state index contributed by atoms with van der Waals surface area (Å²) in [6.07, 6.45) is 2.57. The van der Waals surface area contributed by atoms with Gasteiger partial charge in [0.25, 0.3) is 5.91 Å². The van der Waals surface area contributed by atoms with E-state index in [0.29, 0.717) is 18.8 Å². The molecule has 0 aliphatic carbocycles. The zero-order valence-corrected chi connectivity index (χ0v) is 19.0. The Bertz CT molecular complexity index is 983. The molecule has 0 radical (unpaired) electrons. The molecule has 2 aromatic heterocycles. The molecule has 1 fully saturated rings. The van der Waals surface area contributed by atoms with Crippen molar-refractivity contribution in [3.8, 4) is 0 Å². The quantitative estimate of drug-likeness (QED) is 0.551. The zero-order chi connectivity index (χ0) is 20.2. The molecule has 1 aliphatic heterocycles. The maximum Gasteiger partial charge on any atom is 0.278 e. The van der Waals surface area contributed by atoms with Crippen LogP contribution in [0.5, 0.6) is 0 Å². The van der Waals surface area contributed by atoms with Crippen LogP contribution in [-0.2, 0) is 11.3 Å². The molecule has 3 heterocycles. The standard InChI is InChI=1S/C21H27N5O2S.ClH/c1-3-26-18(7-8-22-26)20(27)25(10-4-9-24-11-13-28-14-12-24)21-23-17-6-5-16(2)15-19(17)29-21;/h5-8,15H,3-4,9-14H2,1-2H3;1H. The molecule has 162 valence electrons. The molecule has 0 bridgehead atoms. The van der Waals surface area contributed by atoms with Crippen LogP contribution in [0.2, 0.25) is 0 Å². The van der Waals surface area contributed by atoms with Gasteiger partial charge in [-0.3, -0.25) is 19.3 Å². The first-order valence-corrected chi connectivity index (χ1v) is 11.0. The van der Waals surface area contributed by atoms with Gasteiger partial charge in [0.2, 0.25) is 0 Å². The maximum absolute atomic E-state index is 13.4. The number of ether oxygens (including phenoxy) is 1. The molecular formula is C21H28ClN5O2S. The third-order valence-corrected chi connectivity index (χ3v) is 6.24. The lowest BCUT2D eigenvalue weighted by Gasteiger charge is -2.27. The number of carbonyl (C=O) groups is 1. The molecule has 0 unspecified atom stereocenters. The lowest BCUT2D eigenvalue weighted by molar-refractivity contribution is 0.0376. The molecule has 7 nitrogen and oxygen atoms in total. The molecule has 3 aromatic rings. The number of nitrogens with zero attached hydrogens (tertiary/aromatic N) is 5. The number of morpholine rings is 1. The fourth-order valence-corrected chi connectivity index (χ4v) is 4.69. The van der Waals surface area contributed by atoms with E-state index < -0.39 is 0 Å². The highest BCUT2D eigenvalue weighted by molar-refractivity contribution is 7.22. The van der Waals surface area contributed by atoms with Crippen molar-refractivity contribution in [2.45, 2.75) is 26.8 Å². The van der Waals surface area contributed by atoms with E-state index in [1.807, 2.05) is 17.9 Å². The minimum atomic E-state index is -0.0397. The number of anilines is 1. The van der Waals surface area contributed by atoms with E-state index in [1.165, 1.54) is 5.56 Å². The second-order valence-electron chi connectivity index (χ2n) is 7.26. The molecule has 9 heteroatoms. The maximum atomic E-state index is 13.4. The van der Waals surface area contributed by atoms with Gasteiger partial charge in [0.05, 0.1) is 23.4 Å². The van der Waals surface area contributed by atoms with Crippen LogP contribution < -0.4 is 4.90 Å². The fourth-order valence-electron chi connectivity index (χ4n) is 3.60. The summed E-state index contributed by atoms with van der Waals surface area (Å²) < 4.78 is 8.28. The molecule has 30 heavy (non-hydrogen) atoms. The van der Waals surface area contributed by atoms with E-state index in [2.05, 4.69) is 29.1 Å². The monoisotopic (exact) mass is 449 g/mol. The van der Waals surface area contributed by atoms with Crippen LogP contribution in [0.3, 0.4) is 0 Å². The third kappa shape index (κ3) is 5.00. The summed E-state index contributed by atoms with van der Waals surface area (Å²) in [6, 6.07) is 8.00. The first kappa shape index (κ1) is 22.7. The topological polar surface area (TPSA) is 63.5 Å². The highest BCUT2D eigenvalue weighted by Crippen LogP contribution is 2.30. The fraction of sp³-hybridized carbons (Fsp3) is 0.476. The Morgan fingerprint density at radius 2 is 2.07 bits per heavy atom. The summed E-state index contributed by atoms with van der Waals surface area (Å²) in [5.74, 6) is -0.0397. The number of hydrogen-bond donors (Lipinski definition) is 0. The lowest BCUT2D eigenvalue weighted by atomic mass is 10.2. The van der Waals surface area contributed by atoms with E-state index in [0.717, 1.165) is 54.6 Å². The normalized spacial score (nSPS) is 14.6. The van der Waals surface area contributed by atoms with Gasteiger partial charge in [-0.25, -0.2) is 4.98 Å². The number of aryl methyl sites for hydroxylation is 2. The lowest BCUT2D eigenvalue weighted by Crippen LogP contribution is -2.39. The first-order chi connectivity index (χ1) is 14.2. The summed E-state index contributed by atoms with van der Waals surface area (Å²) in [7, 11) is 0. The molecule has 0 spiro atoms. The van der Waals surface area contributed by atoms with Gasteiger partial charge < -0.3 is 4.74 Å². The summed E-state index contributed by atoms with van der Waals surface area (Å²) in [6.45, 7) is 9.79. The average molecular weight is 450 g/mol. The number of halogens is 1. The number of fused-ring (bicyclic) bond motifs is 1. The van der Waals surface area contributed by atoms with Gasteiger partial charge in [-0.15, -0.1) is 12.4 Å². The van der Waals surface area contributed by atoms with E-state index in [4.69, 9.17) is 9.72 Å². The number of thiazole rings is 1. The predicted octanol–water partition coefficient (Wildman–Crippen LogP) is 3.61.